The van der Waals surface area contributed by atoms with Crippen molar-refractivity contribution in [3.05, 3.63) is 22.8 Å². The first-order chi connectivity index (χ1) is 5.11. The summed E-state index contributed by atoms with van der Waals surface area (Å²) in [5, 5.41) is 8.65. The summed E-state index contributed by atoms with van der Waals surface area (Å²) in [7, 11) is 0. The first-order valence-electron chi connectivity index (χ1n) is 3.71. The quantitative estimate of drug-likeness (QED) is 0.625. The van der Waals surface area contributed by atoms with E-state index in [4.69, 9.17) is 5.11 Å². The molecule has 1 aliphatic rings. The Balaban J connectivity index is 2.89. The van der Waals surface area contributed by atoms with Crippen molar-refractivity contribution in [1.82, 2.24) is 0 Å². The van der Waals surface area contributed by atoms with Gasteiger partial charge in [0.2, 0.25) is 0 Å². The smallest absolute Gasteiger partial charge is 0.331 e. The van der Waals surface area contributed by atoms with Crippen LogP contribution in [0.1, 0.15) is 26.7 Å². The second kappa shape index (κ2) is 2.91. The SMILES string of the molecule is CC1=C(C)CCC(C(=O)O)=C1. The van der Waals surface area contributed by atoms with E-state index in [1.54, 1.807) is 6.08 Å². The number of rotatable bonds is 1. The van der Waals surface area contributed by atoms with Crippen molar-refractivity contribution >= 4 is 5.97 Å². The van der Waals surface area contributed by atoms with Gasteiger partial charge < -0.3 is 5.11 Å². The summed E-state index contributed by atoms with van der Waals surface area (Å²) in [5.41, 5.74) is 2.94. The highest BCUT2D eigenvalue weighted by molar-refractivity contribution is 5.87. The van der Waals surface area contributed by atoms with E-state index < -0.39 is 5.97 Å². The van der Waals surface area contributed by atoms with Crippen LogP contribution in [-0.2, 0) is 4.79 Å². The Kier molecular flexibility index (Phi) is 2.13. The molecule has 2 nitrogen and oxygen atoms in total. The molecule has 0 saturated heterocycles. The van der Waals surface area contributed by atoms with Gasteiger partial charge in [0.15, 0.2) is 0 Å². The molecule has 1 N–H and O–H groups in total. The largest absolute Gasteiger partial charge is 0.478 e. The Hall–Kier alpha value is -1.05. The van der Waals surface area contributed by atoms with E-state index >= 15 is 0 Å². The Bertz CT molecular complexity index is 246. The summed E-state index contributed by atoms with van der Waals surface area (Å²) in [5.74, 6) is -0.781. The van der Waals surface area contributed by atoms with E-state index in [9.17, 15) is 4.79 Å². The van der Waals surface area contributed by atoms with Crippen molar-refractivity contribution in [3.63, 3.8) is 0 Å². The predicted molar refractivity (Wildman–Crippen MR) is 43.3 cm³/mol. The highest BCUT2D eigenvalue weighted by Crippen LogP contribution is 2.22. The first kappa shape index (κ1) is 8.05. The van der Waals surface area contributed by atoms with Gasteiger partial charge in [-0.1, -0.05) is 11.1 Å². The minimum atomic E-state index is -0.781. The lowest BCUT2D eigenvalue weighted by Gasteiger charge is -2.11. The molecule has 0 fully saturated rings. The number of carboxylic acid groups (broad SMARTS) is 1. The van der Waals surface area contributed by atoms with Gasteiger partial charge >= 0.3 is 5.97 Å². The molecule has 11 heavy (non-hydrogen) atoms. The highest BCUT2D eigenvalue weighted by Gasteiger charge is 2.12. The molecule has 1 rings (SSSR count). The van der Waals surface area contributed by atoms with Crippen molar-refractivity contribution < 1.29 is 9.90 Å². The van der Waals surface area contributed by atoms with E-state index in [0.29, 0.717) is 12.0 Å². The van der Waals surface area contributed by atoms with Gasteiger partial charge in [0.25, 0.3) is 0 Å². The lowest BCUT2D eigenvalue weighted by atomic mass is 9.94. The number of carboxylic acids is 1. The summed E-state index contributed by atoms with van der Waals surface area (Å²) in [6.07, 6.45) is 3.34. The maximum absolute atomic E-state index is 10.5. The molecule has 0 heterocycles. The predicted octanol–water partition coefficient (Wildman–Crippen LogP) is 2.13. The van der Waals surface area contributed by atoms with Crippen LogP contribution in [0.15, 0.2) is 22.8 Å². The second-order valence-electron chi connectivity index (χ2n) is 2.94. The zero-order valence-electron chi connectivity index (χ0n) is 6.85. The third kappa shape index (κ3) is 1.70. The molecule has 0 aromatic rings. The first-order valence-corrected chi connectivity index (χ1v) is 3.71. The van der Waals surface area contributed by atoms with Crippen LogP contribution >= 0.6 is 0 Å². The molecule has 0 radical (unpaired) electrons. The van der Waals surface area contributed by atoms with Crippen LogP contribution in [0.2, 0.25) is 0 Å². The zero-order chi connectivity index (χ0) is 8.43. The van der Waals surface area contributed by atoms with Crippen molar-refractivity contribution in [1.29, 1.82) is 0 Å². The minimum absolute atomic E-state index is 0.535. The molecular formula is C9H12O2. The molecule has 0 aliphatic heterocycles. The molecule has 0 spiro atoms. The number of hydrogen-bond donors (Lipinski definition) is 1. The van der Waals surface area contributed by atoms with Crippen LogP contribution in [-0.4, -0.2) is 11.1 Å². The van der Waals surface area contributed by atoms with Crippen molar-refractivity contribution in [3.8, 4) is 0 Å². The van der Waals surface area contributed by atoms with Crippen molar-refractivity contribution in [2.24, 2.45) is 0 Å². The molecule has 0 aromatic heterocycles. The van der Waals surface area contributed by atoms with E-state index in [1.165, 1.54) is 5.57 Å². The molecule has 0 aromatic carbocycles. The van der Waals surface area contributed by atoms with Crippen LogP contribution in [0.4, 0.5) is 0 Å². The number of allylic oxidation sites excluding steroid dienone is 3. The number of aliphatic carboxylic acids is 1. The normalized spacial score (nSPS) is 18.2. The molecule has 0 amide bonds. The molecule has 0 bridgehead atoms. The summed E-state index contributed by atoms with van der Waals surface area (Å²) in [6.45, 7) is 4.00. The highest BCUT2D eigenvalue weighted by atomic mass is 16.4. The van der Waals surface area contributed by atoms with Crippen molar-refractivity contribution in [2.75, 3.05) is 0 Å². The Morgan fingerprint density at radius 3 is 2.55 bits per heavy atom. The van der Waals surface area contributed by atoms with Crippen LogP contribution in [0.5, 0.6) is 0 Å². The average Bonchev–Trinajstić information content (AvgIpc) is 1.94. The third-order valence-corrected chi connectivity index (χ3v) is 2.11. The molecule has 0 unspecified atom stereocenters. The van der Waals surface area contributed by atoms with E-state index in [-0.39, 0.29) is 0 Å². The van der Waals surface area contributed by atoms with Crippen LogP contribution in [0.25, 0.3) is 0 Å². The fourth-order valence-electron chi connectivity index (χ4n) is 1.14. The average molecular weight is 152 g/mol. The second-order valence-corrected chi connectivity index (χ2v) is 2.94. The summed E-state index contributed by atoms with van der Waals surface area (Å²) >= 11 is 0. The fraction of sp³-hybridized carbons (Fsp3) is 0.444. The van der Waals surface area contributed by atoms with Crippen LogP contribution in [0, 0.1) is 0 Å². The van der Waals surface area contributed by atoms with E-state index in [0.717, 1.165) is 12.0 Å². The molecule has 1 aliphatic carbocycles. The Labute approximate surface area is 66.2 Å². The summed E-state index contributed by atoms with van der Waals surface area (Å²) in [4.78, 5) is 10.5. The molecule has 0 saturated carbocycles. The van der Waals surface area contributed by atoms with Gasteiger partial charge in [-0.3, -0.25) is 0 Å². The van der Waals surface area contributed by atoms with Crippen LogP contribution in [0.3, 0.4) is 0 Å². The third-order valence-electron chi connectivity index (χ3n) is 2.11. The number of hydrogen-bond acceptors (Lipinski definition) is 1. The van der Waals surface area contributed by atoms with Gasteiger partial charge in [-0.25, -0.2) is 4.79 Å². The van der Waals surface area contributed by atoms with E-state index in [2.05, 4.69) is 0 Å². The van der Waals surface area contributed by atoms with Gasteiger partial charge in [-0.2, -0.15) is 0 Å². The maximum atomic E-state index is 10.5. The minimum Gasteiger partial charge on any atom is -0.478 e. The molecule has 60 valence electrons. The number of carbonyl (C=O) groups is 1. The lowest BCUT2D eigenvalue weighted by Crippen LogP contribution is -2.04. The van der Waals surface area contributed by atoms with Gasteiger partial charge in [0, 0.05) is 5.57 Å². The molecule has 2 heteroatoms. The maximum Gasteiger partial charge on any atom is 0.331 e. The monoisotopic (exact) mass is 152 g/mol. The standard InChI is InChI=1S/C9H12O2/c1-6-3-4-8(9(10)11)5-7(6)2/h5H,3-4H2,1-2H3,(H,10,11). The summed E-state index contributed by atoms with van der Waals surface area (Å²) < 4.78 is 0. The van der Waals surface area contributed by atoms with Gasteiger partial charge in [0.1, 0.15) is 0 Å². The Morgan fingerprint density at radius 2 is 2.09 bits per heavy atom. The Morgan fingerprint density at radius 1 is 1.45 bits per heavy atom. The molecular weight excluding hydrogens is 140 g/mol. The summed E-state index contributed by atoms with van der Waals surface area (Å²) in [6, 6.07) is 0. The van der Waals surface area contributed by atoms with E-state index in [1.807, 2.05) is 13.8 Å². The van der Waals surface area contributed by atoms with Gasteiger partial charge in [0.05, 0.1) is 0 Å². The van der Waals surface area contributed by atoms with Crippen LogP contribution < -0.4 is 0 Å². The topological polar surface area (TPSA) is 37.3 Å². The molecule has 0 atom stereocenters. The van der Waals surface area contributed by atoms with Crippen molar-refractivity contribution in [2.45, 2.75) is 26.7 Å². The zero-order valence-corrected chi connectivity index (χ0v) is 6.85. The van der Waals surface area contributed by atoms with Gasteiger partial charge in [-0.05, 0) is 32.8 Å². The fourth-order valence-corrected chi connectivity index (χ4v) is 1.14. The van der Waals surface area contributed by atoms with Gasteiger partial charge in [-0.15, -0.1) is 0 Å². The lowest BCUT2D eigenvalue weighted by molar-refractivity contribution is -0.132.